The number of aromatic nitrogens is 3. The van der Waals surface area contributed by atoms with Crippen LogP contribution in [0.5, 0.6) is 0 Å². The van der Waals surface area contributed by atoms with Crippen LogP contribution < -0.4 is 5.32 Å². The number of nitrogens with one attached hydrogen (secondary N) is 1. The number of fused-ring (bicyclic) bond motifs is 1. The second kappa shape index (κ2) is 7.30. The predicted octanol–water partition coefficient (Wildman–Crippen LogP) is 3.48. The molecule has 1 saturated heterocycles. The quantitative estimate of drug-likeness (QED) is 0.637. The van der Waals surface area contributed by atoms with Crippen LogP contribution in [0.2, 0.25) is 0 Å². The van der Waals surface area contributed by atoms with Crippen LogP contribution in [0.1, 0.15) is 49.3 Å². The average molecular weight is 410 g/mol. The van der Waals surface area contributed by atoms with Crippen LogP contribution in [0.15, 0.2) is 22.6 Å². The predicted molar refractivity (Wildman–Crippen MR) is 111 cm³/mol. The summed E-state index contributed by atoms with van der Waals surface area (Å²) in [5.41, 5.74) is 3.49. The Morgan fingerprint density at radius 3 is 2.60 bits per heavy atom. The first-order valence-corrected chi connectivity index (χ1v) is 10.4. The van der Waals surface area contributed by atoms with Gasteiger partial charge in [-0.25, -0.2) is 4.98 Å². The SMILES string of the molecule is Cc1cc(-c2nnc(NCC3OCCO3)o2)nc2c(C(C)(C)O)cc(C3CC3)cc12. The van der Waals surface area contributed by atoms with Gasteiger partial charge in [-0.15, -0.1) is 5.10 Å². The molecule has 158 valence electrons. The lowest BCUT2D eigenvalue weighted by Crippen LogP contribution is -2.20. The Morgan fingerprint density at radius 2 is 1.90 bits per heavy atom. The Morgan fingerprint density at radius 1 is 1.13 bits per heavy atom. The monoisotopic (exact) mass is 410 g/mol. The van der Waals surface area contributed by atoms with Gasteiger partial charge in [0.15, 0.2) is 6.29 Å². The summed E-state index contributed by atoms with van der Waals surface area (Å²) in [5.74, 6) is 0.913. The molecule has 1 aliphatic heterocycles. The maximum absolute atomic E-state index is 10.8. The van der Waals surface area contributed by atoms with Gasteiger partial charge in [-0.2, -0.15) is 0 Å². The highest BCUT2D eigenvalue weighted by atomic mass is 16.7. The van der Waals surface area contributed by atoms with Crippen LogP contribution in [0.4, 0.5) is 6.01 Å². The summed E-state index contributed by atoms with van der Waals surface area (Å²) < 4.78 is 16.6. The second-order valence-corrected chi connectivity index (χ2v) is 8.59. The lowest BCUT2D eigenvalue weighted by atomic mass is 9.90. The van der Waals surface area contributed by atoms with E-state index in [1.165, 1.54) is 18.4 Å². The zero-order chi connectivity index (χ0) is 20.9. The number of hydrogen-bond acceptors (Lipinski definition) is 8. The molecule has 0 amide bonds. The smallest absolute Gasteiger partial charge is 0.315 e. The van der Waals surface area contributed by atoms with Gasteiger partial charge in [0, 0.05) is 10.9 Å². The lowest BCUT2D eigenvalue weighted by Gasteiger charge is -2.22. The number of benzene rings is 1. The van der Waals surface area contributed by atoms with Gasteiger partial charge in [0.05, 0.1) is 30.9 Å². The van der Waals surface area contributed by atoms with E-state index < -0.39 is 5.60 Å². The number of aliphatic hydroxyl groups is 1. The normalized spacial score (nSPS) is 17.7. The van der Waals surface area contributed by atoms with Crippen molar-refractivity contribution in [2.45, 2.75) is 51.4 Å². The maximum atomic E-state index is 10.8. The van der Waals surface area contributed by atoms with Crippen molar-refractivity contribution in [1.29, 1.82) is 0 Å². The minimum absolute atomic E-state index is 0.287. The van der Waals surface area contributed by atoms with Crippen molar-refractivity contribution >= 4 is 16.9 Å². The third kappa shape index (κ3) is 3.78. The number of rotatable bonds is 6. The highest BCUT2D eigenvalue weighted by molar-refractivity contribution is 5.88. The molecule has 30 heavy (non-hydrogen) atoms. The summed E-state index contributed by atoms with van der Waals surface area (Å²) in [7, 11) is 0. The first-order chi connectivity index (χ1) is 14.4. The molecule has 1 saturated carbocycles. The van der Waals surface area contributed by atoms with Gasteiger partial charge in [-0.1, -0.05) is 11.2 Å². The molecule has 2 N–H and O–H groups in total. The van der Waals surface area contributed by atoms with Crippen LogP contribution in [0.3, 0.4) is 0 Å². The third-order valence-corrected chi connectivity index (χ3v) is 5.61. The largest absolute Gasteiger partial charge is 0.402 e. The second-order valence-electron chi connectivity index (χ2n) is 8.59. The van der Waals surface area contributed by atoms with E-state index in [1.54, 1.807) is 13.8 Å². The van der Waals surface area contributed by atoms with E-state index in [1.807, 2.05) is 13.0 Å². The molecule has 0 bridgehead atoms. The van der Waals surface area contributed by atoms with Gasteiger partial charge in [0.25, 0.3) is 5.89 Å². The van der Waals surface area contributed by atoms with Gasteiger partial charge in [0.2, 0.25) is 0 Å². The van der Waals surface area contributed by atoms with Gasteiger partial charge >= 0.3 is 6.01 Å². The summed E-state index contributed by atoms with van der Waals surface area (Å²) >= 11 is 0. The van der Waals surface area contributed by atoms with Crippen LogP contribution in [-0.2, 0) is 15.1 Å². The lowest BCUT2D eigenvalue weighted by molar-refractivity contribution is -0.0302. The van der Waals surface area contributed by atoms with Crippen LogP contribution in [0.25, 0.3) is 22.5 Å². The molecule has 0 atom stereocenters. The number of aryl methyl sites for hydroxylation is 1. The highest BCUT2D eigenvalue weighted by Crippen LogP contribution is 2.43. The molecular formula is C22H26N4O4. The maximum Gasteiger partial charge on any atom is 0.315 e. The van der Waals surface area contributed by atoms with Crippen molar-refractivity contribution in [2.75, 3.05) is 25.1 Å². The molecule has 1 aromatic carbocycles. The number of pyridine rings is 1. The fraction of sp³-hybridized carbons (Fsp3) is 0.500. The summed E-state index contributed by atoms with van der Waals surface area (Å²) in [4.78, 5) is 4.81. The van der Waals surface area contributed by atoms with Crippen LogP contribution >= 0.6 is 0 Å². The number of ether oxygens (including phenoxy) is 2. The van der Waals surface area contributed by atoms with Crippen LogP contribution in [0, 0.1) is 6.92 Å². The van der Waals surface area contributed by atoms with Crippen molar-refractivity contribution in [2.24, 2.45) is 0 Å². The number of nitrogens with zero attached hydrogens (tertiary/aromatic N) is 3. The summed E-state index contributed by atoms with van der Waals surface area (Å²) in [5, 5.41) is 23.1. The molecule has 2 fully saturated rings. The van der Waals surface area contributed by atoms with Crippen molar-refractivity contribution in [1.82, 2.24) is 15.2 Å². The first kappa shape index (κ1) is 19.4. The van der Waals surface area contributed by atoms with Crippen molar-refractivity contribution < 1.29 is 19.0 Å². The van der Waals surface area contributed by atoms with Gasteiger partial charge in [-0.3, -0.25) is 0 Å². The Hall–Kier alpha value is -2.55. The Labute approximate surface area is 174 Å². The molecule has 8 heteroatoms. The van der Waals surface area contributed by atoms with E-state index in [9.17, 15) is 5.11 Å². The van der Waals surface area contributed by atoms with E-state index >= 15 is 0 Å². The van der Waals surface area contributed by atoms with E-state index in [-0.39, 0.29) is 12.3 Å². The summed E-state index contributed by atoms with van der Waals surface area (Å²) in [6, 6.07) is 6.54. The molecule has 2 aliphatic rings. The molecule has 2 aromatic heterocycles. The molecular weight excluding hydrogens is 384 g/mol. The van der Waals surface area contributed by atoms with Gasteiger partial charge in [0.1, 0.15) is 5.69 Å². The van der Waals surface area contributed by atoms with E-state index in [2.05, 4.69) is 27.6 Å². The molecule has 0 radical (unpaired) electrons. The Balaban J connectivity index is 1.50. The van der Waals surface area contributed by atoms with Gasteiger partial charge in [-0.05, 0) is 62.8 Å². The molecule has 3 aromatic rings. The molecule has 0 unspecified atom stereocenters. The minimum atomic E-state index is -1.01. The fourth-order valence-electron chi connectivity index (χ4n) is 3.84. The topological polar surface area (TPSA) is 103 Å². The van der Waals surface area contributed by atoms with Crippen LogP contribution in [-0.4, -0.2) is 46.3 Å². The van der Waals surface area contributed by atoms with Crippen molar-refractivity contribution in [3.8, 4) is 11.6 Å². The number of anilines is 1. The van der Waals surface area contributed by atoms with Crippen molar-refractivity contribution in [3.63, 3.8) is 0 Å². The standard InChI is InChI=1S/C22H26N4O4/c1-12-8-17(20-25-26-21(30-20)23-11-18-28-6-7-29-18)24-19-15(12)9-14(13-4-5-13)10-16(19)22(2,3)27/h8-10,13,18,27H,4-7,11H2,1-3H3,(H,23,26). The molecule has 0 spiro atoms. The Kier molecular flexibility index (Phi) is 4.72. The van der Waals surface area contributed by atoms with Gasteiger partial charge < -0.3 is 24.3 Å². The highest BCUT2D eigenvalue weighted by Gasteiger charge is 2.29. The van der Waals surface area contributed by atoms with E-state index in [4.69, 9.17) is 18.9 Å². The minimum Gasteiger partial charge on any atom is -0.402 e. The molecule has 3 heterocycles. The molecule has 5 rings (SSSR count). The summed E-state index contributed by atoms with van der Waals surface area (Å²) in [6.45, 7) is 7.25. The van der Waals surface area contributed by atoms with Crippen molar-refractivity contribution in [3.05, 3.63) is 34.9 Å². The Bertz CT molecular complexity index is 1080. The van der Waals surface area contributed by atoms with E-state index in [0.29, 0.717) is 37.3 Å². The first-order valence-electron chi connectivity index (χ1n) is 10.4. The number of hydrogen-bond donors (Lipinski definition) is 2. The molecule has 1 aliphatic carbocycles. The zero-order valence-electron chi connectivity index (χ0n) is 17.4. The zero-order valence-corrected chi connectivity index (χ0v) is 17.4. The third-order valence-electron chi connectivity index (χ3n) is 5.61. The average Bonchev–Trinajstić information content (AvgIpc) is 3.22. The molecule has 8 nitrogen and oxygen atoms in total. The van der Waals surface area contributed by atoms with E-state index in [0.717, 1.165) is 22.0 Å². The fourth-order valence-corrected chi connectivity index (χ4v) is 3.84. The summed E-state index contributed by atoms with van der Waals surface area (Å²) in [6.07, 6.45) is 2.10.